The third-order valence-electron chi connectivity index (χ3n) is 2.95. The van der Waals surface area contributed by atoms with Gasteiger partial charge in [-0.25, -0.2) is 23.1 Å². The molecule has 0 bridgehead atoms. The summed E-state index contributed by atoms with van der Waals surface area (Å²) >= 11 is 0. The molecule has 2 N–H and O–H groups in total. The molecule has 0 aliphatic carbocycles. The second-order valence-electron chi connectivity index (χ2n) is 4.85. The minimum atomic E-state index is -3.16. The van der Waals surface area contributed by atoms with Gasteiger partial charge in [0.25, 0.3) is 0 Å². The molecule has 8 nitrogen and oxygen atoms in total. The number of anilines is 2. The molecule has 0 spiro atoms. The molecule has 0 unspecified atom stereocenters. The highest BCUT2D eigenvalue weighted by molar-refractivity contribution is 7.88. The first-order valence-electron chi connectivity index (χ1n) is 6.81. The van der Waals surface area contributed by atoms with Crippen LogP contribution in [0.15, 0.2) is 6.07 Å². The Morgan fingerprint density at radius 3 is 2.67 bits per heavy atom. The summed E-state index contributed by atoms with van der Waals surface area (Å²) in [5.41, 5.74) is 0. The highest BCUT2D eigenvalue weighted by atomic mass is 32.2. The molecule has 118 valence electrons. The number of ether oxygens (including phenoxy) is 1. The van der Waals surface area contributed by atoms with Crippen LogP contribution in [0, 0.1) is 6.92 Å². The van der Waals surface area contributed by atoms with Gasteiger partial charge in [-0.05, 0) is 6.92 Å². The van der Waals surface area contributed by atoms with Crippen LogP contribution in [-0.2, 0) is 14.8 Å². The van der Waals surface area contributed by atoms with E-state index in [1.165, 1.54) is 0 Å². The summed E-state index contributed by atoms with van der Waals surface area (Å²) in [5, 5.41) is 3.10. The molecule has 0 saturated carbocycles. The second kappa shape index (κ2) is 7.01. The molecule has 1 saturated heterocycles. The van der Waals surface area contributed by atoms with Crippen molar-refractivity contribution in [1.82, 2.24) is 14.7 Å². The normalized spacial score (nSPS) is 16.0. The lowest BCUT2D eigenvalue weighted by Gasteiger charge is -2.28. The topological polar surface area (TPSA) is 96.5 Å². The lowest BCUT2D eigenvalue weighted by Crippen LogP contribution is -2.37. The Kier molecular flexibility index (Phi) is 5.32. The molecule has 0 atom stereocenters. The maximum atomic E-state index is 11.0. The van der Waals surface area contributed by atoms with Gasteiger partial charge in [0.2, 0.25) is 10.0 Å². The minimum Gasteiger partial charge on any atom is -0.378 e. The average molecular weight is 315 g/mol. The van der Waals surface area contributed by atoms with E-state index >= 15 is 0 Å². The van der Waals surface area contributed by atoms with E-state index in [2.05, 4.69) is 24.9 Å². The first kappa shape index (κ1) is 15.9. The van der Waals surface area contributed by atoms with Crippen LogP contribution in [0.5, 0.6) is 0 Å². The third kappa shape index (κ3) is 5.44. The molecule has 21 heavy (non-hydrogen) atoms. The molecule has 2 rings (SSSR count). The average Bonchev–Trinajstić information content (AvgIpc) is 2.43. The van der Waals surface area contributed by atoms with Crippen LogP contribution in [0.25, 0.3) is 0 Å². The third-order valence-corrected chi connectivity index (χ3v) is 3.68. The summed E-state index contributed by atoms with van der Waals surface area (Å²) in [5.74, 6) is 2.24. The van der Waals surface area contributed by atoms with Gasteiger partial charge < -0.3 is 15.0 Å². The number of rotatable bonds is 6. The number of hydrogen-bond donors (Lipinski definition) is 2. The van der Waals surface area contributed by atoms with Crippen molar-refractivity contribution in [2.45, 2.75) is 6.92 Å². The highest BCUT2D eigenvalue weighted by Crippen LogP contribution is 2.16. The number of nitrogens with zero attached hydrogens (tertiary/aromatic N) is 3. The highest BCUT2D eigenvalue weighted by Gasteiger charge is 2.14. The van der Waals surface area contributed by atoms with Crippen LogP contribution < -0.4 is 14.9 Å². The maximum Gasteiger partial charge on any atom is 0.208 e. The van der Waals surface area contributed by atoms with Gasteiger partial charge in [-0.15, -0.1) is 0 Å². The zero-order chi connectivity index (χ0) is 15.3. The lowest BCUT2D eigenvalue weighted by molar-refractivity contribution is 0.122. The second-order valence-corrected chi connectivity index (χ2v) is 6.68. The van der Waals surface area contributed by atoms with E-state index in [4.69, 9.17) is 4.74 Å². The van der Waals surface area contributed by atoms with Crippen LogP contribution in [0.1, 0.15) is 5.82 Å². The fraction of sp³-hybridized carbons (Fsp3) is 0.667. The number of hydrogen-bond acceptors (Lipinski definition) is 7. The molecule has 0 radical (unpaired) electrons. The summed E-state index contributed by atoms with van der Waals surface area (Å²) < 4.78 is 29.7. The van der Waals surface area contributed by atoms with Crippen LogP contribution in [0.3, 0.4) is 0 Å². The minimum absolute atomic E-state index is 0.314. The molecule has 9 heteroatoms. The van der Waals surface area contributed by atoms with E-state index in [9.17, 15) is 8.42 Å². The predicted molar refractivity (Wildman–Crippen MR) is 81.1 cm³/mol. The van der Waals surface area contributed by atoms with Crippen molar-refractivity contribution in [2.75, 3.05) is 55.9 Å². The Balaban J connectivity index is 1.95. The predicted octanol–water partition coefficient (Wildman–Crippen LogP) is -0.417. The number of aromatic nitrogens is 2. The fourth-order valence-electron chi connectivity index (χ4n) is 2.02. The SMILES string of the molecule is Cc1nc(NCCNS(C)(=O)=O)cc(N2CCOCC2)n1. The maximum absolute atomic E-state index is 11.0. The van der Waals surface area contributed by atoms with Crippen LogP contribution >= 0.6 is 0 Å². The van der Waals surface area contributed by atoms with Gasteiger partial charge in [0.15, 0.2) is 0 Å². The van der Waals surface area contributed by atoms with Gasteiger partial charge in [-0.1, -0.05) is 0 Å². The van der Waals surface area contributed by atoms with Crippen molar-refractivity contribution in [1.29, 1.82) is 0 Å². The number of sulfonamides is 1. The molecule has 2 heterocycles. The standard InChI is InChI=1S/C12H21N5O3S/c1-10-15-11(13-3-4-14-21(2,18)19)9-12(16-10)17-5-7-20-8-6-17/h9,14H,3-8H2,1-2H3,(H,13,15,16). The molecule has 1 aliphatic rings. The molecule has 0 aromatic carbocycles. The fourth-order valence-corrected chi connectivity index (χ4v) is 2.50. The Labute approximate surface area is 125 Å². The van der Waals surface area contributed by atoms with Crippen molar-refractivity contribution in [3.63, 3.8) is 0 Å². The van der Waals surface area contributed by atoms with Gasteiger partial charge in [0, 0.05) is 32.2 Å². The van der Waals surface area contributed by atoms with Crippen molar-refractivity contribution >= 4 is 21.7 Å². The Bertz CT molecular complexity index is 572. The van der Waals surface area contributed by atoms with Crippen molar-refractivity contribution < 1.29 is 13.2 Å². The van der Waals surface area contributed by atoms with E-state index in [-0.39, 0.29) is 0 Å². The van der Waals surface area contributed by atoms with Crippen molar-refractivity contribution in [3.8, 4) is 0 Å². The molecule has 0 amide bonds. The van der Waals surface area contributed by atoms with E-state index in [1.54, 1.807) is 0 Å². The first-order chi connectivity index (χ1) is 9.94. The van der Waals surface area contributed by atoms with E-state index in [0.29, 0.717) is 37.9 Å². The first-order valence-corrected chi connectivity index (χ1v) is 8.70. The lowest BCUT2D eigenvalue weighted by atomic mass is 10.4. The summed E-state index contributed by atoms with van der Waals surface area (Å²) in [6, 6.07) is 1.87. The number of morpholine rings is 1. The van der Waals surface area contributed by atoms with Gasteiger partial charge in [-0.3, -0.25) is 0 Å². The quantitative estimate of drug-likeness (QED) is 0.688. The van der Waals surface area contributed by atoms with E-state index in [1.807, 2.05) is 13.0 Å². The van der Waals surface area contributed by atoms with Gasteiger partial charge in [0.05, 0.1) is 19.5 Å². The summed E-state index contributed by atoms with van der Waals surface area (Å²) in [6.45, 7) is 5.63. The van der Waals surface area contributed by atoms with Gasteiger partial charge in [0.1, 0.15) is 17.5 Å². The molecule has 1 aliphatic heterocycles. The van der Waals surface area contributed by atoms with E-state index in [0.717, 1.165) is 25.2 Å². The Morgan fingerprint density at radius 1 is 1.29 bits per heavy atom. The largest absolute Gasteiger partial charge is 0.378 e. The number of aryl methyl sites for hydroxylation is 1. The van der Waals surface area contributed by atoms with Crippen molar-refractivity contribution in [3.05, 3.63) is 11.9 Å². The smallest absolute Gasteiger partial charge is 0.208 e. The van der Waals surface area contributed by atoms with Crippen molar-refractivity contribution in [2.24, 2.45) is 0 Å². The van der Waals surface area contributed by atoms with Gasteiger partial charge >= 0.3 is 0 Å². The van der Waals surface area contributed by atoms with Crippen LogP contribution in [0.4, 0.5) is 11.6 Å². The van der Waals surface area contributed by atoms with Crippen LogP contribution in [-0.4, -0.2) is 64.0 Å². The molecular weight excluding hydrogens is 294 g/mol. The van der Waals surface area contributed by atoms with E-state index < -0.39 is 10.0 Å². The molecule has 1 aromatic heterocycles. The summed E-state index contributed by atoms with van der Waals surface area (Å²) in [6.07, 6.45) is 1.14. The Hall–Kier alpha value is -1.45. The zero-order valence-corrected chi connectivity index (χ0v) is 13.1. The van der Waals surface area contributed by atoms with Crippen LogP contribution in [0.2, 0.25) is 0 Å². The number of nitrogens with one attached hydrogen (secondary N) is 2. The molecular formula is C12H21N5O3S. The summed E-state index contributed by atoms with van der Waals surface area (Å²) in [7, 11) is -3.16. The Morgan fingerprint density at radius 2 is 2.00 bits per heavy atom. The van der Waals surface area contributed by atoms with Gasteiger partial charge in [-0.2, -0.15) is 0 Å². The molecule has 1 aromatic rings. The molecule has 1 fully saturated rings. The monoisotopic (exact) mass is 315 g/mol. The zero-order valence-electron chi connectivity index (χ0n) is 12.3. The summed E-state index contributed by atoms with van der Waals surface area (Å²) in [4.78, 5) is 10.9.